The van der Waals surface area contributed by atoms with Crippen LogP contribution in [-0.4, -0.2) is 4.98 Å². The summed E-state index contributed by atoms with van der Waals surface area (Å²) in [5.41, 5.74) is 0. The van der Waals surface area contributed by atoms with Gasteiger partial charge in [-0.15, -0.1) is 0 Å². The van der Waals surface area contributed by atoms with E-state index in [2.05, 4.69) is 49.6 Å². The Labute approximate surface area is 253 Å². The summed E-state index contributed by atoms with van der Waals surface area (Å²) >= 11 is 0. The molecule has 2 heteroatoms. The molecule has 0 saturated carbocycles. The number of H-pyrrole nitrogens is 1. The van der Waals surface area contributed by atoms with Crippen LogP contribution in [0.3, 0.4) is 0 Å². The molecule has 0 aliphatic heterocycles. The third-order valence-corrected chi connectivity index (χ3v) is 9.39. The van der Waals surface area contributed by atoms with Crippen LogP contribution < -0.4 is 4.57 Å². The SMILES string of the molecule is CCCCCCCCCCCCC(CCCCCCCCCC)c1[nH]cc[n+]1C(C)CCCCCCCCCC. The van der Waals surface area contributed by atoms with Gasteiger partial charge in [0.25, 0.3) is 5.82 Å². The van der Waals surface area contributed by atoms with E-state index >= 15 is 0 Å². The Bertz CT molecular complexity index is 621. The summed E-state index contributed by atoms with van der Waals surface area (Å²) in [4.78, 5) is 3.74. The van der Waals surface area contributed by atoms with Crippen LogP contribution in [0.4, 0.5) is 0 Å². The van der Waals surface area contributed by atoms with E-state index in [0.29, 0.717) is 12.0 Å². The largest absolute Gasteiger partial charge is 0.257 e. The van der Waals surface area contributed by atoms with E-state index in [9.17, 15) is 0 Å². The van der Waals surface area contributed by atoms with Crippen molar-refractivity contribution in [3.8, 4) is 0 Å². The van der Waals surface area contributed by atoms with Crippen LogP contribution in [0.2, 0.25) is 0 Å². The predicted octanol–water partition coefficient (Wildman–Crippen LogP) is 13.3. The van der Waals surface area contributed by atoms with Gasteiger partial charge < -0.3 is 0 Å². The van der Waals surface area contributed by atoms with Crippen LogP contribution in [0.1, 0.15) is 232 Å². The molecule has 2 nitrogen and oxygen atoms in total. The summed E-state index contributed by atoms with van der Waals surface area (Å²) in [5, 5.41) is 0. The highest BCUT2D eigenvalue weighted by molar-refractivity contribution is 4.90. The Hall–Kier alpha value is -0.790. The zero-order chi connectivity index (χ0) is 28.9. The second kappa shape index (κ2) is 28.3. The van der Waals surface area contributed by atoms with Crippen molar-refractivity contribution < 1.29 is 4.57 Å². The zero-order valence-electron chi connectivity index (χ0n) is 28.3. The lowest BCUT2D eigenvalue weighted by molar-refractivity contribution is -0.727. The quantitative estimate of drug-likeness (QED) is 0.0689. The molecule has 0 saturated heterocycles. The number of imidazole rings is 1. The van der Waals surface area contributed by atoms with Crippen LogP contribution in [-0.2, 0) is 0 Å². The minimum atomic E-state index is 0.620. The number of nitrogens with one attached hydrogen (secondary N) is 1. The molecule has 0 aliphatic rings. The second-order valence-corrected chi connectivity index (χ2v) is 13.3. The summed E-state index contributed by atoms with van der Waals surface area (Å²) in [6.45, 7) is 9.41. The molecular formula is C38H75N2+. The summed E-state index contributed by atoms with van der Waals surface area (Å²) < 4.78 is 2.63. The van der Waals surface area contributed by atoms with Gasteiger partial charge in [-0.2, -0.15) is 0 Å². The van der Waals surface area contributed by atoms with E-state index in [1.165, 1.54) is 192 Å². The minimum absolute atomic E-state index is 0.620. The molecule has 0 radical (unpaired) electrons. The van der Waals surface area contributed by atoms with Crippen molar-refractivity contribution in [1.82, 2.24) is 4.98 Å². The van der Waals surface area contributed by atoms with Gasteiger partial charge in [-0.25, -0.2) is 9.55 Å². The molecule has 0 fully saturated rings. The van der Waals surface area contributed by atoms with E-state index in [1.54, 1.807) is 0 Å². The van der Waals surface area contributed by atoms with Crippen molar-refractivity contribution in [3.05, 3.63) is 18.2 Å². The molecule has 40 heavy (non-hydrogen) atoms. The van der Waals surface area contributed by atoms with Gasteiger partial charge in [0, 0.05) is 0 Å². The maximum Gasteiger partial charge on any atom is 0.257 e. The molecule has 2 atom stereocenters. The normalized spacial score (nSPS) is 13.2. The fraction of sp³-hybridized carbons (Fsp3) is 0.921. The molecule has 1 N–H and O–H groups in total. The lowest BCUT2D eigenvalue weighted by Gasteiger charge is -2.17. The van der Waals surface area contributed by atoms with Gasteiger partial charge in [0.1, 0.15) is 12.4 Å². The van der Waals surface area contributed by atoms with E-state index in [0.717, 1.165) is 0 Å². The Morgan fingerprint density at radius 3 is 1.18 bits per heavy atom. The number of rotatable bonds is 31. The number of hydrogen-bond acceptors (Lipinski definition) is 0. The summed E-state index contributed by atoms with van der Waals surface area (Å²) in [5.74, 6) is 2.25. The smallest absolute Gasteiger partial charge is 0.247 e. The molecule has 1 aromatic heterocycles. The first kappa shape index (κ1) is 37.2. The first-order chi connectivity index (χ1) is 19.7. The highest BCUT2D eigenvalue weighted by Crippen LogP contribution is 2.27. The molecular weight excluding hydrogens is 484 g/mol. The van der Waals surface area contributed by atoms with Gasteiger partial charge in [0.2, 0.25) is 0 Å². The van der Waals surface area contributed by atoms with Crippen molar-refractivity contribution in [2.45, 2.75) is 226 Å². The van der Waals surface area contributed by atoms with E-state index in [4.69, 9.17) is 0 Å². The van der Waals surface area contributed by atoms with Crippen LogP contribution >= 0.6 is 0 Å². The van der Waals surface area contributed by atoms with Crippen LogP contribution in [0, 0.1) is 0 Å². The lowest BCUT2D eigenvalue weighted by Crippen LogP contribution is -2.41. The van der Waals surface area contributed by atoms with E-state index in [-0.39, 0.29) is 0 Å². The highest BCUT2D eigenvalue weighted by Gasteiger charge is 2.25. The van der Waals surface area contributed by atoms with Crippen molar-refractivity contribution in [2.24, 2.45) is 0 Å². The maximum atomic E-state index is 3.74. The van der Waals surface area contributed by atoms with Crippen molar-refractivity contribution in [2.75, 3.05) is 0 Å². The molecule has 0 aliphatic carbocycles. The number of hydrogen-bond donors (Lipinski definition) is 1. The summed E-state index contributed by atoms with van der Waals surface area (Å²) in [6.07, 6.45) is 45.7. The van der Waals surface area contributed by atoms with Crippen LogP contribution in [0.15, 0.2) is 12.4 Å². The van der Waals surface area contributed by atoms with Crippen LogP contribution in [0.5, 0.6) is 0 Å². The predicted molar refractivity (Wildman–Crippen MR) is 179 cm³/mol. The first-order valence-electron chi connectivity index (χ1n) is 18.8. The minimum Gasteiger partial charge on any atom is -0.247 e. The molecule has 0 aromatic carbocycles. The van der Waals surface area contributed by atoms with Crippen molar-refractivity contribution in [1.29, 1.82) is 0 Å². The maximum absolute atomic E-state index is 3.74. The summed E-state index contributed by atoms with van der Waals surface area (Å²) in [7, 11) is 0. The second-order valence-electron chi connectivity index (χ2n) is 13.3. The third kappa shape index (κ3) is 20.1. The van der Waals surface area contributed by atoms with Gasteiger partial charge in [-0.1, -0.05) is 181 Å². The number of aromatic nitrogens is 2. The third-order valence-electron chi connectivity index (χ3n) is 9.39. The molecule has 0 amide bonds. The Morgan fingerprint density at radius 1 is 0.475 bits per heavy atom. The van der Waals surface area contributed by atoms with Gasteiger partial charge in [-0.3, -0.25) is 0 Å². The molecule has 0 spiro atoms. The molecule has 1 rings (SSSR count). The first-order valence-corrected chi connectivity index (χ1v) is 18.8. The van der Waals surface area contributed by atoms with Crippen molar-refractivity contribution in [3.63, 3.8) is 0 Å². The Kier molecular flexibility index (Phi) is 26.4. The van der Waals surface area contributed by atoms with Gasteiger partial charge in [0.05, 0.1) is 12.0 Å². The fourth-order valence-electron chi connectivity index (χ4n) is 6.60. The number of unbranched alkanes of at least 4 members (excludes halogenated alkanes) is 23. The zero-order valence-corrected chi connectivity index (χ0v) is 28.3. The monoisotopic (exact) mass is 560 g/mol. The topological polar surface area (TPSA) is 19.7 Å². The van der Waals surface area contributed by atoms with Crippen molar-refractivity contribution >= 4 is 0 Å². The highest BCUT2D eigenvalue weighted by atomic mass is 15.1. The van der Waals surface area contributed by atoms with Gasteiger partial charge in [0.15, 0.2) is 0 Å². The van der Waals surface area contributed by atoms with Gasteiger partial charge >= 0.3 is 0 Å². The molecule has 1 heterocycles. The molecule has 236 valence electrons. The fourth-order valence-corrected chi connectivity index (χ4v) is 6.60. The molecule has 1 aromatic rings. The standard InChI is InChI=1S/C38H74N2/c1-5-8-11-14-17-20-21-24-27-30-33-37(32-29-26-23-19-16-13-10-7-3)38-39-34-35-40(38)36(4)31-28-25-22-18-15-12-9-6-2/h34-37H,5-33H2,1-4H3/p+1. The van der Waals surface area contributed by atoms with E-state index in [1.807, 2.05) is 0 Å². The van der Waals surface area contributed by atoms with Gasteiger partial charge in [-0.05, 0) is 32.6 Å². The molecule has 2 unspecified atom stereocenters. The number of aromatic amines is 1. The Morgan fingerprint density at radius 2 is 0.800 bits per heavy atom. The van der Waals surface area contributed by atoms with E-state index < -0.39 is 0 Å². The van der Waals surface area contributed by atoms with Crippen LogP contribution in [0.25, 0.3) is 0 Å². The summed E-state index contributed by atoms with van der Waals surface area (Å²) in [6, 6.07) is 0.620. The average molecular weight is 560 g/mol. The molecule has 0 bridgehead atoms. The lowest BCUT2D eigenvalue weighted by atomic mass is 9.92. The number of nitrogens with zero attached hydrogens (tertiary/aromatic N) is 1. The average Bonchev–Trinajstić information content (AvgIpc) is 3.45. The Balaban J connectivity index is 2.46.